The predicted molar refractivity (Wildman–Crippen MR) is 119 cm³/mol. The highest BCUT2D eigenvalue weighted by Gasteiger charge is 2.25. The van der Waals surface area contributed by atoms with Crippen molar-refractivity contribution in [3.05, 3.63) is 59.2 Å². The minimum Gasteiger partial charge on any atom is -0.402 e. The maximum Gasteiger partial charge on any atom is 0.0923 e. The van der Waals surface area contributed by atoms with E-state index in [0.29, 0.717) is 12.1 Å². The third kappa shape index (κ3) is 6.70. The lowest BCUT2D eigenvalue weighted by Crippen LogP contribution is -2.35. The summed E-state index contributed by atoms with van der Waals surface area (Å²) in [5.41, 5.74) is 18.2. The van der Waals surface area contributed by atoms with Crippen LogP contribution in [0.5, 0.6) is 0 Å². The molecular formula is C23H37FN4. The maximum atomic E-state index is 12.8. The first-order valence-electron chi connectivity index (χ1n) is 10.1. The van der Waals surface area contributed by atoms with Gasteiger partial charge < -0.3 is 16.4 Å². The fourth-order valence-electron chi connectivity index (χ4n) is 3.08. The molecule has 0 aromatic carbocycles. The number of hydrogen-bond acceptors (Lipinski definition) is 4. The number of nitrogens with zero attached hydrogens (tertiary/aromatic N) is 2. The van der Waals surface area contributed by atoms with Crippen LogP contribution in [0.2, 0.25) is 0 Å². The lowest BCUT2D eigenvalue weighted by atomic mass is 10.0. The lowest BCUT2D eigenvalue weighted by molar-refractivity contribution is 0.344. The van der Waals surface area contributed by atoms with E-state index in [2.05, 4.69) is 42.5 Å². The number of hydrogen-bond donors (Lipinski definition) is 2. The monoisotopic (exact) mass is 388 g/mol. The third-order valence-electron chi connectivity index (χ3n) is 5.06. The van der Waals surface area contributed by atoms with Gasteiger partial charge in [-0.05, 0) is 62.8 Å². The molecule has 2 unspecified atom stereocenters. The first kappa shape index (κ1) is 23.7. The molecule has 0 radical (unpaired) electrons. The molecule has 4 nitrogen and oxygen atoms in total. The molecule has 1 rings (SSSR count). The fourth-order valence-corrected chi connectivity index (χ4v) is 3.08. The molecule has 0 aromatic heterocycles. The number of allylic oxidation sites excluding steroid dienone is 5. The molecule has 1 aliphatic heterocycles. The quantitative estimate of drug-likeness (QED) is 0.410. The summed E-state index contributed by atoms with van der Waals surface area (Å²) in [5, 5.41) is 0. The lowest BCUT2D eigenvalue weighted by Gasteiger charge is -2.29. The molecule has 156 valence electrons. The van der Waals surface area contributed by atoms with Gasteiger partial charge in [-0.3, -0.25) is 9.38 Å². The molecule has 2 atom stereocenters. The molecule has 0 aliphatic carbocycles. The number of rotatable bonds is 10. The number of alkyl halides is 1. The SMILES string of the molecule is C=CN=C(C)C1=C/C(=C\CCC)N(C(C)/C(N)=C/C(C)=C(\N)CC(C)CF)C1. The first-order valence-corrected chi connectivity index (χ1v) is 10.1. The van der Waals surface area contributed by atoms with Crippen LogP contribution in [-0.2, 0) is 0 Å². The van der Waals surface area contributed by atoms with E-state index in [1.807, 2.05) is 26.8 Å². The average Bonchev–Trinajstić information content (AvgIpc) is 3.09. The Hall–Kier alpha value is -2.30. The zero-order valence-corrected chi connectivity index (χ0v) is 18.1. The van der Waals surface area contributed by atoms with Crippen LogP contribution in [-0.4, -0.2) is 29.9 Å². The van der Waals surface area contributed by atoms with Gasteiger partial charge in [-0.1, -0.05) is 32.9 Å². The van der Waals surface area contributed by atoms with Crippen LogP contribution < -0.4 is 11.5 Å². The molecule has 0 bridgehead atoms. The van der Waals surface area contributed by atoms with E-state index in [9.17, 15) is 4.39 Å². The van der Waals surface area contributed by atoms with E-state index in [1.54, 1.807) is 6.20 Å². The van der Waals surface area contributed by atoms with Crippen molar-refractivity contribution >= 4 is 5.71 Å². The van der Waals surface area contributed by atoms with Crippen molar-refractivity contribution in [3.8, 4) is 0 Å². The highest BCUT2D eigenvalue weighted by atomic mass is 19.1. The number of nitrogens with two attached hydrogens (primary N) is 2. The van der Waals surface area contributed by atoms with Crippen LogP contribution in [0.4, 0.5) is 4.39 Å². The molecule has 0 aromatic rings. The largest absolute Gasteiger partial charge is 0.402 e. The standard InChI is InChI=1S/C23H37FN4/c1-7-9-10-21-13-20(18(5)27-8-2)15-28(21)19(6)23(26)12-17(4)22(25)11-16(3)14-24/h8,10,12-13,16,19H,2,7,9,11,14-15,25-26H2,1,3-6H3/b21-10+,22-17-,23-12-,27-18?. The van der Waals surface area contributed by atoms with Gasteiger partial charge >= 0.3 is 0 Å². The Morgan fingerprint density at radius 3 is 2.61 bits per heavy atom. The summed E-state index contributed by atoms with van der Waals surface area (Å²) in [6.07, 6.45) is 10.6. The van der Waals surface area contributed by atoms with Gasteiger partial charge in [0.15, 0.2) is 0 Å². The fraction of sp³-hybridized carbons (Fsp3) is 0.522. The van der Waals surface area contributed by atoms with Gasteiger partial charge in [0.25, 0.3) is 0 Å². The van der Waals surface area contributed by atoms with Crippen LogP contribution in [0.1, 0.15) is 53.9 Å². The molecule has 1 heterocycles. The molecule has 0 spiro atoms. The second-order valence-corrected chi connectivity index (χ2v) is 7.60. The summed E-state index contributed by atoms with van der Waals surface area (Å²) < 4.78 is 12.8. The molecule has 0 amide bonds. The van der Waals surface area contributed by atoms with Gasteiger partial charge in [-0.25, -0.2) is 0 Å². The van der Waals surface area contributed by atoms with Crippen molar-refractivity contribution in [3.63, 3.8) is 0 Å². The molecule has 4 N–H and O–H groups in total. The highest BCUT2D eigenvalue weighted by molar-refractivity contribution is 6.00. The second kappa shape index (κ2) is 11.5. The van der Waals surface area contributed by atoms with Crippen molar-refractivity contribution in [2.24, 2.45) is 22.4 Å². The number of unbranched alkanes of at least 4 members (excludes halogenated alkanes) is 1. The Morgan fingerprint density at radius 2 is 2.04 bits per heavy atom. The zero-order valence-electron chi connectivity index (χ0n) is 18.1. The third-order valence-corrected chi connectivity index (χ3v) is 5.06. The molecular weight excluding hydrogens is 351 g/mol. The minimum atomic E-state index is -0.372. The average molecular weight is 389 g/mol. The predicted octanol–water partition coefficient (Wildman–Crippen LogP) is 4.98. The molecule has 5 heteroatoms. The molecule has 28 heavy (non-hydrogen) atoms. The summed E-state index contributed by atoms with van der Waals surface area (Å²) in [6, 6.07) is 0.00901. The smallest absolute Gasteiger partial charge is 0.0923 e. The number of aliphatic imine (C=N–C) groups is 1. The Balaban J connectivity index is 3.07. The van der Waals surface area contributed by atoms with Gasteiger partial charge in [0.2, 0.25) is 0 Å². The molecule has 1 aliphatic rings. The van der Waals surface area contributed by atoms with Crippen molar-refractivity contribution in [2.75, 3.05) is 13.2 Å². The molecule has 0 saturated carbocycles. The maximum absolute atomic E-state index is 12.8. The van der Waals surface area contributed by atoms with Gasteiger partial charge in [0, 0.05) is 35.5 Å². The van der Waals surface area contributed by atoms with Crippen LogP contribution in [0.15, 0.2) is 64.2 Å². The zero-order chi connectivity index (χ0) is 21.3. The van der Waals surface area contributed by atoms with E-state index in [4.69, 9.17) is 11.5 Å². The van der Waals surface area contributed by atoms with Crippen molar-refractivity contribution in [2.45, 2.75) is 59.9 Å². The van der Waals surface area contributed by atoms with E-state index >= 15 is 0 Å². The molecule has 0 saturated heterocycles. The van der Waals surface area contributed by atoms with Gasteiger partial charge in [-0.2, -0.15) is 0 Å². The van der Waals surface area contributed by atoms with Crippen LogP contribution >= 0.6 is 0 Å². The Bertz CT molecular complexity index is 697. The van der Waals surface area contributed by atoms with Crippen LogP contribution in [0, 0.1) is 5.92 Å². The van der Waals surface area contributed by atoms with Crippen molar-refractivity contribution in [1.82, 2.24) is 4.90 Å². The van der Waals surface area contributed by atoms with Gasteiger partial charge in [-0.15, -0.1) is 0 Å². The minimum absolute atomic E-state index is 0.00901. The molecule has 0 fully saturated rings. The summed E-state index contributed by atoms with van der Waals surface area (Å²) in [6.45, 7) is 14.1. The normalized spacial score (nSPS) is 20.1. The van der Waals surface area contributed by atoms with E-state index < -0.39 is 0 Å². The van der Waals surface area contributed by atoms with Crippen molar-refractivity contribution < 1.29 is 4.39 Å². The Morgan fingerprint density at radius 1 is 1.36 bits per heavy atom. The Labute approximate surface area is 170 Å². The van der Waals surface area contributed by atoms with E-state index in [1.165, 1.54) is 11.3 Å². The summed E-state index contributed by atoms with van der Waals surface area (Å²) in [4.78, 5) is 6.61. The summed E-state index contributed by atoms with van der Waals surface area (Å²) in [7, 11) is 0. The van der Waals surface area contributed by atoms with Crippen LogP contribution in [0.25, 0.3) is 0 Å². The summed E-state index contributed by atoms with van der Waals surface area (Å²) >= 11 is 0. The number of halogens is 1. The van der Waals surface area contributed by atoms with Crippen molar-refractivity contribution in [1.29, 1.82) is 0 Å². The van der Waals surface area contributed by atoms with Crippen LogP contribution in [0.3, 0.4) is 0 Å². The highest BCUT2D eigenvalue weighted by Crippen LogP contribution is 2.27. The van der Waals surface area contributed by atoms with Gasteiger partial charge in [0.05, 0.1) is 12.7 Å². The topological polar surface area (TPSA) is 67.6 Å². The summed E-state index contributed by atoms with van der Waals surface area (Å²) in [5.74, 6) is -0.0805. The van der Waals surface area contributed by atoms with Gasteiger partial charge in [0.1, 0.15) is 0 Å². The Kier molecular flexibility index (Phi) is 9.77. The van der Waals surface area contributed by atoms with E-state index in [0.717, 1.165) is 36.4 Å². The first-order chi connectivity index (χ1) is 13.2. The second-order valence-electron chi connectivity index (χ2n) is 7.60. The van der Waals surface area contributed by atoms with E-state index in [-0.39, 0.29) is 18.6 Å².